The van der Waals surface area contributed by atoms with E-state index in [1.165, 1.54) is 6.20 Å². The Morgan fingerprint density at radius 2 is 2.22 bits per heavy atom. The molecule has 0 saturated heterocycles. The van der Waals surface area contributed by atoms with Crippen LogP contribution in [-0.2, 0) is 4.79 Å². The first-order valence-corrected chi connectivity index (χ1v) is 6.48. The standard InChI is InChI=1S/C12H11BrClNO3/c1-6(4-10(17)18)15-5-9(16)11-8(15)3-2-7(13)12(11)14/h2-3,5-6,16H,4H2,1H3,(H,17,18). The molecule has 96 valence electrons. The van der Waals surface area contributed by atoms with Crippen molar-refractivity contribution in [1.29, 1.82) is 0 Å². The summed E-state index contributed by atoms with van der Waals surface area (Å²) in [4.78, 5) is 10.7. The van der Waals surface area contributed by atoms with Crippen molar-refractivity contribution >= 4 is 44.4 Å². The predicted octanol–water partition coefficient (Wildman–Crippen LogP) is 3.80. The van der Waals surface area contributed by atoms with Crippen molar-refractivity contribution in [2.24, 2.45) is 0 Å². The average molecular weight is 333 g/mol. The largest absolute Gasteiger partial charge is 0.506 e. The van der Waals surface area contributed by atoms with Crippen molar-refractivity contribution in [2.45, 2.75) is 19.4 Å². The first-order valence-electron chi connectivity index (χ1n) is 5.31. The molecular formula is C12H11BrClNO3. The zero-order chi connectivity index (χ0) is 13.4. The fourth-order valence-electron chi connectivity index (χ4n) is 1.98. The lowest BCUT2D eigenvalue weighted by molar-refractivity contribution is -0.137. The minimum Gasteiger partial charge on any atom is -0.506 e. The van der Waals surface area contributed by atoms with E-state index in [2.05, 4.69) is 15.9 Å². The molecule has 0 spiro atoms. The summed E-state index contributed by atoms with van der Waals surface area (Å²) in [7, 11) is 0. The highest BCUT2D eigenvalue weighted by atomic mass is 79.9. The molecule has 0 fully saturated rings. The molecule has 1 heterocycles. The fraction of sp³-hybridized carbons (Fsp3) is 0.250. The van der Waals surface area contributed by atoms with Gasteiger partial charge in [-0.05, 0) is 35.0 Å². The molecule has 0 aliphatic heterocycles. The average Bonchev–Trinajstić information content (AvgIpc) is 2.61. The van der Waals surface area contributed by atoms with Crippen molar-refractivity contribution in [3.8, 4) is 5.75 Å². The molecule has 0 amide bonds. The van der Waals surface area contributed by atoms with E-state index in [-0.39, 0.29) is 18.2 Å². The van der Waals surface area contributed by atoms with Gasteiger partial charge in [-0.2, -0.15) is 0 Å². The molecule has 2 aromatic rings. The number of nitrogens with zero attached hydrogens (tertiary/aromatic N) is 1. The zero-order valence-corrected chi connectivity index (χ0v) is 11.9. The van der Waals surface area contributed by atoms with Crippen LogP contribution >= 0.6 is 27.5 Å². The lowest BCUT2D eigenvalue weighted by Crippen LogP contribution is -2.09. The molecule has 0 aliphatic rings. The Balaban J connectivity index is 2.60. The third kappa shape index (κ3) is 2.20. The van der Waals surface area contributed by atoms with Crippen LogP contribution < -0.4 is 0 Å². The number of halogens is 2. The molecule has 1 unspecified atom stereocenters. The summed E-state index contributed by atoms with van der Waals surface area (Å²) < 4.78 is 2.41. The van der Waals surface area contributed by atoms with Gasteiger partial charge >= 0.3 is 5.97 Å². The van der Waals surface area contributed by atoms with Gasteiger partial charge in [0.05, 0.1) is 22.3 Å². The van der Waals surface area contributed by atoms with Gasteiger partial charge in [-0.1, -0.05) is 11.6 Å². The highest BCUT2D eigenvalue weighted by molar-refractivity contribution is 9.10. The fourth-order valence-corrected chi connectivity index (χ4v) is 2.57. The van der Waals surface area contributed by atoms with Gasteiger partial charge in [-0.25, -0.2) is 0 Å². The van der Waals surface area contributed by atoms with Crippen molar-refractivity contribution in [3.05, 3.63) is 27.8 Å². The van der Waals surface area contributed by atoms with Crippen LogP contribution in [0.25, 0.3) is 10.9 Å². The topological polar surface area (TPSA) is 62.5 Å². The van der Waals surface area contributed by atoms with Gasteiger partial charge in [0.25, 0.3) is 0 Å². The second-order valence-electron chi connectivity index (χ2n) is 4.12. The molecule has 0 bridgehead atoms. The van der Waals surface area contributed by atoms with E-state index in [4.69, 9.17) is 16.7 Å². The van der Waals surface area contributed by atoms with Gasteiger partial charge in [0.2, 0.25) is 0 Å². The Kier molecular flexibility index (Phi) is 3.54. The lowest BCUT2D eigenvalue weighted by atomic mass is 10.2. The maximum atomic E-state index is 10.7. The quantitative estimate of drug-likeness (QED) is 0.898. The summed E-state index contributed by atoms with van der Waals surface area (Å²) >= 11 is 9.41. The highest BCUT2D eigenvalue weighted by Gasteiger charge is 2.17. The van der Waals surface area contributed by atoms with Crippen LogP contribution in [0.2, 0.25) is 5.02 Å². The van der Waals surface area contributed by atoms with Crippen LogP contribution in [0.15, 0.2) is 22.8 Å². The summed E-state index contributed by atoms with van der Waals surface area (Å²) in [5.41, 5.74) is 0.717. The number of aromatic nitrogens is 1. The Bertz CT molecular complexity index is 623. The van der Waals surface area contributed by atoms with E-state index < -0.39 is 5.97 Å². The summed E-state index contributed by atoms with van der Waals surface area (Å²) in [6.07, 6.45) is 1.49. The first kappa shape index (κ1) is 13.2. The van der Waals surface area contributed by atoms with Crippen molar-refractivity contribution in [3.63, 3.8) is 0 Å². The molecule has 1 atom stereocenters. The van der Waals surface area contributed by atoms with Crippen molar-refractivity contribution in [2.75, 3.05) is 0 Å². The van der Waals surface area contributed by atoms with Crippen molar-refractivity contribution in [1.82, 2.24) is 4.57 Å². The summed E-state index contributed by atoms with van der Waals surface area (Å²) in [5, 5.41) is 19.7. The van der Waals surface area contributed by atoms with E-state index in [0.717, 1.165) is 5.52 Å². The third-order valence-electron chi connectivity index (χ3n) is 2.81. The highest BCUT2D eigenvalue weighted by Crippen LogP contribution is 2.39. The number of rotatable bonds is 3. The molecular weight excluding hydrogens is 321 g/mol. The molecule has 2 N–H and O–H groups in total. The van der Waals surface area contributed by atoms with Crippen LogP contribution in [0, 0.1) is 0 Å². The monoisotopic (exact) mass is 331 g/mol. The van der Waals surface area contributed by atoms with Crippen molar-refractivity contribution < 1.29 is 15.0 Å². The van der Waals surface area contributed by atoms with Gasteiger partial charge in [-0.15, -0.1) is 0 Å². The minimum absolute atomic E-state index is 0.0170. The number of aliphatic carboxylic acids is 1. The summed E-state index contributed by atoms with van der Waals surface area (Å²) in [5.74, 6) is -0.833. The van der Waals surface area contributed by atoms with Gasteiger partial charge in [-0.3, -0.25) is 4.79 Å². The zero-order valence-electron chi connectivity index (χ0n) is 9.52. The van der Waals surface area contributed by atoms with E-state index >= 15 is 0 Å². The van der Waals surface area contributed by atoms with Gasteiger partial charge < -0.3 is 14.8 Å². The van der Waals surface area contributed by atoms with Gasteiger partial charge in [0, 0.05) is 16.7 Å². The van der Waals surface area contributed by atoms with Crippen LogP contribution in [-0.4, -0.2) is 20.7 Å². The second kappa shape index (κ2) is 4.82. The normalized spacial score (nSPS) is 12.8. The summed E-state index contributed by atoms with van der Waals surface area (Å²) in [6.45, 7) is 1.78. The number of hydrogen-bond acceptors (Lipinski definition) is 2. The van der Waals surface area contributed by atoms with Gasteiger partial charge in [0.15, 0.2) is 0 Å². The van der Waals surface area contributed by atoms with E-state index in [1.54, 1.807) is 23.6 Å². The van der Waals surface area contributed by atoms with E-state index in [9.17, 15) is 9.90 Å². The molecule has 4 nitrogen and oxygen atoms in total. The SMILES string of the molecule is CC(CC(=O)O)n1cc(O)c2c(Cl)c(Br)ccc21. The predicted molar refractivity (Wildman–Crippen MR) is 73.3 cm³/mol. The van der Waals surface area contributed by atoms with Gasteiger partial charge in [0.1, 0.15) is 5.75 Å². The molecule has 0 radical (unpaired) electrons. The Morgan fingerprint density at radius 3 is 2.83 bits per heavy atom. The maximum Gasteiger partial charge on any atom is 0.305 e. The number of carbonyl (C=O) groups is 1. The molecule has 1 aromatic carbocycles. The van der Waals surface area contributed by atoms with Crippen LogP contribution in [0.3, 0.4) is 0 Å². The molecule has 0 saturated carbocycles. The van der Waals surface area contributed by atoms with E-state index in [1.807, 2.05) is 0 Å². The first-order chi connectivity index (χ1) is 8.41. The smallest absolute Gasteiger partial charge is 0.305 e. The molecule has 6 heteroatoms. The Hall–Kier alpha value is -1.20. The molecule has 18 heavy (non-hydrogen) atoms. The Morgan fingerprint density at radius 1 is 1.56 bits per heavy atom. The number of benzene rings is 1. The van der Waals surface area contributed by atoms with Crippen LogP contribution in [0.1, 0.15) is 19.4 Å². The maximum absolute atomic E-state index is 10.7. The molecule has 2 rings (SSSR count). The minimum atomic E-state index is -0.882. The third-order valence-corrected chi connectivity index (χ3v) is 4.10. The number of hydrogen-bond donors (Lipinski definition) is 2. The lowest BCUT2D eigenvalue weighted by Gasteiger charge is -2.12. The van der Waals surface area contributed by atoms with E-state index in [0.29, 0.717) is 14.9 Å². The Labute approximate surface area is 117 Å². The number of carboxylic acids is 1. The van der Waals surface area contributed by atoms with Crippen LogP contribution in [0.4, 0.5) is 0 Å². The number of carboxylic acid groups (broad SMARTS) is 1. The molecule has 0 aliphatic carbocycles. The molecule has 1 aromatic heterocycles. The number of aromatic hydroxyl groups is 1. The number of fused-ring (bicyclic) bond motifs is 1. The second-order valence-corrected chi connectivity index (χ2v) is 5.36. The summed E-state index contributed by atoms with van der Waals surface area (Å²) in [6, 6.07) is 3.31. The van der Waals surface area contributed by atoms with Crippen LogP contribution in [0.5, 0.6) is 5.75 Å².